The first kappa shape index (κ1) is 15.4. The first-order valence-corrected chi connectivity index (χ1v) is 7.38. The summed E-state index contributed by atoms with van der Waals surface area (Å²) in [4.78, 5) is 4.78. The van der Waals surface area contributed by atoms with E-state index < -0.39 is 0 Å². The van der Waals surface area contributed by atoms with Crippen molar-refractivity contribution in [1.82, 2.24) is 19.3 Å². The van der Waals surface area contributed by atoms with Crippen molar-refractivity contribution in [1.29, 1.82) is 0 Å². The Labute approximate surface area is 126 Å². The zero-order chi connectivity index (χ0) is 15.6. The number of nitrogens with two attached hydrogens (primary N) is 1. The molecule has 2 aromatic rings. The summed E-state index contributed by atoms with van der Waals surface area (Å²) in [7, 11) is 0. The normalized spacial score (nSPS) is 11.8. The van der Waals surface area contributed by atoms with Crippen LogP contribution in [0.25, 0.3) is 11.3 Å². The van der Waals surface area contributed by atoms with Gasteiger partial charge in [0.1, 0.15) is 17.3 Å². The Kier molecular flexibility index (Phi) is 4.21. The third-order valence-corrected chi connectivity index (χ3v) is 3.35. The molecule has 0 aliphatic carbocycles. The van der Waals surface area contributed by atoms with Crippen molar-refractivity contribution in [2.45, 2.75) is 52.6 Å². The molecule has 0 aliphatic rings. The summed E-state index contributed by atoms with van der Waals surface area (Å²) >= 11 is 0. The van der Waals surface area contributed by atoms with Crippen molar-refractivity contribution >= 4 is 5.82 Å². The lowest BCUT2D eigenvalue weighted by atomic mass is 9.95. The van der Waals surface area contributed by atoms with Gasteiger partial charge in [0.2, 0.25) is 0 Å². The summed E-state index contributed by atoms with van der Waals surface area (Å²) in [6, 6.07) is 0. The number of hydrogen-bond donors (Lipinski definition) is 1. The molecule has 0 radical (unpaired) electrons. The van der Waals surface area contributed by atoms with Crippen LogP contribution in [0.5, 0.6) is 0 Å². The van der Waals surface area contributed by atoms with Gasteiger partial charge in [0.05, 0.1) is 6.20 Å². The summed E-state index contributed by atoms with van der Waals surface area (Å²) < 4.78 is 3.96. The monoisotopic (exact) mass is 287 g/mol. The van der Waals surface area contributed by atoms with Gasteiger partial charge >= 0.3 is 0 Å². The highest BCUT2D eigenvalue weighted by molar-refractivity contribution is 5.70. The Morgan fingerprint density at radius 1 is 1.38 bits per heavy atom. The summed E-state index contributed by atoms with van der Waals surface area (Å²) in [6.45, 7) is 13.9. The molecule has 2 aromatic heterocycles. The Morgan fingerprint density at radius 2 is 2.10 bits per heavy atom. The number of aryl methyl sites for hydroxylation is 1. The van der Waals surface area contributed by atoms with Gasteiger partial charge < -0.3 is 10.3 Å². The number of imidazole rings is 1. The molecule has 0 atom stereocenters. The van der Waals surface area contributed by atoms with Crippen molar-refractivity contribution in [3.8, 4) is 11.3 Å². The van der Waals surface area contributed by atoms with Crippen LogP contribution in [-0.2, 0) is 18.5 Å². The number of aromatic nitrogens is 4. The molecule has 0 spiro atoms. The second kappa shape index (κ2) is 5.76. The van der Waals surface area contributed by atoms with Gasteiger partial charge in [-0.1, -0.05) is 33.8 Å². The summed E-state index contributed by atoms with van der Waals surface area (Å²) in [5.74, 6) is 1.65. The highest BCUT2D eigenvalue weighted by Gasteiger charge is 2.25. The van der Waals surface area contributed by atoms with E-state index in [0.717, 1.165) is 30.0 Å². The number of anilines is 1. The van der Waals surface area contributed by atoms with E-state index in [1.54, 1.807) is 0 Å². The van der Waals surface area contributed by atoms with Crippen molar-refractivity contribution < 1.29 is 0 Å². The van der Waals surface area contributed by atoms with Gasteiger partial charge in [-0.2, -0.15) is 5.10 Å². The van der Waals surface area contributed by atoms with Crippen LogP contribution in [0.15, 0.2) is 25.0 Å². The molecular formula is C16H25N5. The van der Waals surface area contributed by atoms with Crippen molar-refractivity contribution in [2.24, 2.45) is 0 Å². The molecule has 0 saturated heterocycles. The highest BCUT2D eigenvalue weighted by atomic mass is 15.3. The fraction of sp³-hybridized carbons (Fsp3) is 0.500. The van der Waals surface area contributed by atoms with Crippen LogP contribution in [0.1, 0.15) is 39.9 Å². The third kappa shape index (κ3) is 3.01. The molecule has 5 nitrogen and oxygen atoms in total. The minimum Gasteiger partial charge on any atom is -0.383 e. The van der Waals surface area contributed by atoms with E-state index in [2.05, 4.69) is 39.4 Å². The molecule has 2 N–H and O–H groups in total. The quantitative estimate of drug-likeness (QED) is 0.859. The number of nitrogens with zero attached hydrogens (tertiary/aromatic N) is 4. The van der Waals surface area contributed by atoms with Gasteiger partial charge in [-0.05, 0) is 6.42 Å². The van der Waals surface area contributed by atoms with E-state index in [1.165, 1.54) is 0 Å². The fourth-order valence-corrected chi connectivity index (χ4v) is 2.40. The van der Waals surface area contributed by atoms with E-state index in [4.69, 9.17) is 10.7 Å². The zero-order valence-corrected chi connectivity index (χ0v) is 13.4. The molecule has 0 amide bonds. The fourth-order valence-electron chi connectivity index (χ4n) is 2.40. The van der Waals surface area contributed by atoms with Gasteiger partial charge in [-0.25, -0.2) is 4.98 Å². The molecule has 5 heteroatoms. The average Bonchev–Trinajstić information content (AvgIpc) is 2.96. The van der Waals surface area contributed by atoms with Crippen LogP contribution in [0.3, 0.4) is 0 Å². The molecule has 0 aliphatic heterocycles. The van der Waals surface area contributed by atoms with Crippen LogP contribution in [0.2, 0.25) is 0 Å². The van der Waals surface area contributed by atoms with Crippen LogP contribution in [0.4, 0.5) is 5.82 Å². The SMILES string of the molecule is C=CCn1c(C(C)(C)C)nc(-c2cnn(CCC)c2)c1N. The van der Waals surface area contributed by atoms with E-state index in [1.807, 2.05) is 27.7 Å². The Bertz CT molecular complexity index is 628. The average molecular weight is 287 g/mol. The topological polar surface area (TPSA) is 61.7 Å². The summed E-state index contributed by atoms with van der Waals surface area (Å²) in [6.07, 6.45) is 6.73. The first-order chi connectivity index (χ1) is 9.88. The second-order valence-corrected chi connectivity index (χ2v) is 6.31. The maximum atomic E-state index is 6.32. The van der Waals surface area contributed by atoms with Crippen LogP contribution in [0, 0.1) is 0 Å². The lowest BCUT2D eigenvalue weighted by Crippen LogP contribution is -2.19. The Hall–Kier alpha value is -2.04. The molecule has 21 heavy (non-hydrogen) atoms. The minimum atomic E-state index is -0.0746. The maximum Gasteiger partial charge on any atom is 0.132 e. The molecule has 0 unspecified atom stereocenters. The molecule has 0 fully saturated rings. The molecule has 114 valence electrons. The minimum absolute atomic E-state index is 0.0746. The largest absolute Gasteiger partial charge is 0.383 e. The standard InChI is InChI=1S/C16H25N5/c1-6-8-20-11-12(10-18-20)13-14(17)21(9-7-2)15(19-13)16(3,4)5/h7,10-11H,2,6,8-9,17H2,1,3-5H3. The van der Waals surface area contributed by atoms with Gasteiger partial charge in [0, 0.05) is 30.3 Å². The number of hydrogen-bond acceptors (Lipinski definition) is 3. The molecule has 0 bridgehead atoms. The van der Waals surface area contributed by atoms with Crippen molar-refractivity contribution in [3.63, 3.8) is 0 Å². The van der Waals surface area contributed by atoms with Gasteiger partial charge in [0.15, 0.2) is 0 Å². The Morgan fingerprint density at radius 3 is 2.67 bits per heavy atom. The predicted octanol–water partition coefficient (Wildman–Crippen LogP) is 3.22. The number of nitrogen functional groups attached to an aromatic ring is 1. The maximum absolute atomic E-state index is 6.32. The molecule has 0 aromatic carbocycles. The van der Waals surface area contributed by atoms with E-state index in [9.17, 15) is 0 Å². The molecule has 2 rings (SSSR count). The lowest BCUT2D eigenvalue weighted by Gasteiger charge is -2.19. The highest BCUT2D eigenvalue weighted by Crippen LogP contribution is 2.31. The number of allylic oxidation sites excluding steroid dienone is 1. The smallest absolute Gasteiger partial charge is 0.132 e. The van der Waals surface area contributed by atoms with Crippen molar-refractivity contribution in [3.05, 3.63) is 30.9 Å². The van der Waals surface area contributed by atoms with Gasteiger partial charge in [-0.3, -0.25) is 4.68 Å². The predicted molar refractivity (Wildman–Crippen MR) is 87.0 cm³/mol. The molecule has 0 saturated carbocycles. The number of rotatable bonds is 5. The van der Waals surface area contributed by atoms with Crippen LogP contribution >= 0.6 is 0 Å². The lowest BCUT2D eigenvalue weighted by molar-refractivity contribution is 0.515. The molecular weight excluding hydrogens is 262 g/mol. The van der Waals surface area contributed by atoms with Gasteiger partial charge in [0.25, 0.3) is 0 Å². The van der Waals surface area contributed by atoms with Crippen LogP contribution < -0.4 is 5.73 Å². The summed E-state index contributed by atoms with van der Waals surface area (Å²) in [5, 5.41) is 4.36. The van der Waals surface area contributed by atoms with Crippen LogP contribution in [-0.4, -0.2) is 19.3 Å². The second-order valence-electron chi connectivity index (χ2n) is 6.31. The Balaban J connectivity index is 2.50. The van der Waals surface area contributed by atoms with Crippen molar-refractivity contribution in [2.75, 3.05) is 5.73 Å². The van der Waals surface area contributed by atoms with E-state index in [-0.39, 0.29) is 5.41 Å². The first-order valence-electron chi connectivity index (χ1n) is 7.38. The van der Waals surface area contributed by atoms with Gasteiger partial charge in [-0.15, -0.1) is 6.58 Å². The zero-order valence-electron chi connectivity index (χ0n) is 13.4. The third-order valence-electron chi connectivity index (χ3n) is 3.35. The van der Waals surface area contributed by atoms with E-state index >= 15 is 0 Å². The molecule has 2 heterocycles. The summed E-state index contributed by atoms with van der Waals surface area (Å²) in [5.41, 5.74) is 8.02. The van der Waals surface area contributed by atoms with E-state index in [0.29, 0.717) is 12.4 Å².